The summed E-state index contributed by atoms with van der Waals surface area (Å²) in [5.41, 5.74) is 1.19. The van der Waals surface area contributed by atoms with Gasteiger partial charge in [-0.25, -0.2) is 0 Å². The molecular weight excluding hydrogens is 184 g/mol. The van der Waals surface area contributed by atoms with E-state index < -0.39 is 0 Å². The first-order valence-electron chi connectivity index (χ1n) is 6.44. The van der Waals surface area contributed by atoms with E-state index >= 15 is 0 Å². The largest absolute Gasteiger partial charge is 0.371 e. The SMILES string of the molecule is C[C@]12C[C@@]34C=CCC[C@]3(C)[C@H](C[C@@H]1C4)O2. The zero-order chi connectivity index (χ0) is 10.3. The van der Waals surface area contributed by atoms with Gasteiger partial charge in [-0.05, 0) is 50.4 Å². The average molecular weight is 204 g/mol. The minimum atomic E-state index is 0.228. The van der Waals surface area contributed by atoms with Crippen molar-refractivity contribution in [3.8, 4) is 0 Å². The van der Waals surface area contributed by atoms with Crippen LogP contribution in [0, 0.1) is 16.7 Å². The fourth-order valence-electron chi connectivity index (χ4n) is 5.17. The van der Waals surface area contributed by atoms with Crippen LogP contribution in [0.15, 0.2) is 12.2 Å². The summed E-state index contributed by atoms with van der Waals surface area (Å²) in [6, 6.07) is 0. The molecule has 0 N–H and O–H groups in total. The normalized spacial score (nSPS) is 64.9. The summed E-state index contributed by atoms with van der Waals surface area (Å²) in [5, 5.41) is 0. The number of allylic oxidation sites excluding steroid dienone is 2. The molecular formula is C14H20O. The van der Waals surface area contributed by atoms with Crippen LogP contribution < -0.4 is 0 Å². The molecule has 0 radical (unpaired) electrons. The van der Waals surface area contributed by atoms with Crippen LogP contribution in [0.3, 0.4) is 0 Å². The van der Waals surface area contributed by atoms with Crippen molar-refractivity contribution in [3.05, 3.63) is 12.2 Å². The predicted molar refractivity (Wildman–Crippen MR) is 59.5 cm³/mol. The summed E-state index contributed by atoms with van der Waals surface area (Å²) in [6.45, 7) is 4.84. The standard InChI is InChI=1S/C14H20O/c1-12-5-3-4-6-14(12)8-10-7-11(12)15-13(10,2)9-14/h4,6,10-11H,3,5,7-9H2,1-2H3/t10-,11+,12-,13+,14+/m1/s1. The lowest BCUT2D eigenvalue weighted by molar-refractivity contribution is -0.169. The van der Waals surface area contributed by atoms with Gasteiger partial charge >= 0.3 is 0 Å². The van der Waals surface area contributed by atoms with Crippen molar-refractivity contribution in [3.63, 3.8) is 0 Å². The zero-order valence-corrected chi connectivity index (χ0v) is 9.75. The van der Waals surface area contributed by atoms with E-state index in [9.17, 15) is 0 Å². The second-order valence-electron chi connectivity index (χ2n) is 6.75. The predicted octanol–water partition coefficient (Wildman–Crippen LogP) is 3.30. The Balaban J connectivity index is 1.92. The highest BCUT2D eigenvalue weighted by Gasteiger charge is 2.71. The van der Waals surface area contributed by atoms with Crippen molar-refractivity contribution in [1.29, 1.82) is 0 Å². The molecule has 1 spiro atoms. The summed E-state index contributed by atoms with van der Waals surface area (Å²) in [4.78, 5) is 0. The van der Waals surface area contributed by atoms with Gasteiger partial charge in [0, 0.05) is 5.41 Å². The topological polar surface area (TPSA) is 9.23 Å². The van der Waals surface area contributed by atoms with Gasteiger partial charge in [0.25, 0.3) is 0 Å². The fraction of sp³-hybridized carbons (Fsp3) is 0.857. The Hall–Kier alpha value is -0.300. The Morgan fingerprint density at radius 3 is 3.00 bits per heavy atom. The van der Waals surface area contributed by atoms with Crippen LogP contribution in [-0.4, -0.2) is 11.7 Å². The van der Waals surface area contributed by atoms with Crippen molar-refractivity contribution >= 4 is 0 Å². The molecule has 2 aliphatic heterocycles. The summed E-state index contributed by atoms with van der Waals surface area (Å²) in [7, 11) is 0. The van der Waals surface area contributed by atoms with E-state index in [1.165, 1.54) is 32.1 Å². The lowest BCUT2D eigenvalue weighted by Gasteiger charge is -2.56. The zero-order valence-electron chi connectivity index (χ0n) is 9.75. The second kappa shape index (κ2) is 2.20. The van der Waals surface area contributed by atoms with E-state index in [-0.39, 0.29) is 5.60 Å². The summed E-state index contributed by atoms with van der Waals surface area (Å²) >= 11 is 0. The molecule has 2 heterocycles. The minimum absolute atomic E-state index is 0.228. The molecule has 5 aliphatic rings. The third kappa shape index (κ3) is 0.759. The van der Waals surface area contributed by atoms with E-state index in [0.29, 0.717) is 16.9 Å². The van der Waals surface area contributed by atoms with Crippen LogP contribution in [-0.2, 0) is 4.74 Å². The smallest absolute Gasteiger partial charge is 0.0696 e. The van der Waals surface area contributed by atoms with Crippen LogP contribution in [0.4, 0.5) is 0 Å². The first-order valence-corrected chi connectivity index (χ1v) is 6.44. The first-order chi connectivity index (χ1) is 7.08. The van der Waals surface area contributed by atoms with Gasteiger partial charge in [0.15, 0.2) is 0 Å². The Morgan fingerprint density at radius 1 is 1.33 bits per heavy atom. The molecule has 3 aliphatic carbocycles. The molecule has 0 aromatic carbocycles. The molecule has 4 bridgehead atoms. The highest BCUT2D eigenvalue weighted by atomic mass is 16.5. The number of rotatable bonds is 0. The molecule has 0 aromatic heterocycles. The van der Waals surface area contributed by atoms with Gasteiger partial charge in [0.05, 0.1) is 11.7 Å². The maximum atomic E-state index is 6.37. The number of ether oxygens (including phenoxy) is 1. The molecule has 2 saturated carbocycles. The Kier molecular flexibility index (Phi) is 1.29. The van der Waals surface area contributed by atoms with Crippen molar-refractivity contribution in [2.24, 2.45) is 16.7 Å². The molecule has 0 aromatic rings. The van der Waals surface area contributed by atoms with Crippen LogP contribution in [0.25, 0.3) is 0 Å². The maximum absolute atomic E-state index is 6.37. The van der Waals surface area contributed by atoms with E-state index in [4.69, 9.17) is 4.74 Å². The van der Waals surface area contributed by atoms with E-state index in [2.05, 4.69) is 26.0 Å². The van der Waals surface area contributed by atoms with Gasteiger partial charge in [0.1, 0.15) is 0 Å². The number of hydrogen-bond acceptors (Lipinski definition) is 1. The van der Waals surface area contributed by atoms with Gasteiger partial charge in [-0.15, -0.1) is 0 Å². The number of hydrogen-bond donors (Lipinski definition) is 0. The van der Waals surface area contributed by atoms with Crippen LogP contribution in [0.5, 0.6) is 0 Å². The van der Waals surface area contributed by atoms with Crippen molar-refractivity contribution in [1.82, 2.24) is 0 Å². The average Bonchev–Trinajstić information content (AvgIpc) is 2.56. The molecule has 0 amide bonds. The molecule has 2 saturated heterocycles. The van der Waals surface area contributed by atoms with Crippen molar-refractivity contribution in [2.45, 2.75) is 57.7 Å². The van der Waals surface area contributed by atoms with E-state index in [1.54, 1.807) is 0 Å². The van der Waals surface area contributed by atoms with Crippen molar-refractivity contribution < 1.29 is 4.74 Å². The van der Waals surface area contributed by atoms with Gasteiger partial charge < -0.3 is 4.74 Å². The summed E-state index contributed by atoms with van der Waals surface area (Å²) in [6.07, 6.45) is 12.2. The van der Waals surface area contributed by atoms with Gasteiger partial charge in [-0.1, -0.05) is 19.1 Å². The van der Waals surface area contributed by atoms with E-state index in [1.807, 2.05) is 0 Å². The Morgan fingerprint density at radius 2 is 2.20 bits per heavy atom. The molecule has 5 atom stereocenters. The summed E-state index contributed by atoms with van der Waals surface area (Å²) < 4.78 is 6.37. The lowest BCUT2D eigenvalue weighted by Crippen LogP contribution is -2.53. The highest BCUT2D eigenvalue weighted by Crippen LogP contribution is 2.73. The lowest BCUT2D eigenvalue weighted by atomic mass is 9.52. The van der Waals surface area contributed by atoms with Gasteiger partial charge in [0.2, 0.25) is 0 Å². The second-order valence-corrected chi connectivity index (χ2v) is 6.75. The molecule has 0 unspecified atom stereocenters. The van der Waals surface area contributed by atoms with Crippen molar-refractivity contribution in [2.75, 3.05) is 0 Å². The molecule has 15 heavy (non-hydrogen) atoms. The fourth-order valence-corrected chi connectivity index (χ4v) is 5.17. The van der Waals surface area contributed by atoms with Crippen LogP contribution >= 0.6 is 0 Å². The summed E-state index contributed by atoms with van der Waals surface area (Å²) in [5.74, 6) is 0.846. The molecule has 5 rings (SSSR count). The van der Waals surface area contributed by atoms with E-state index in [0.717, 1.165) is 5.92 Å². The molecule has 82 valence electrons. The van der Waals surface area contributed by atoms with Gasteiger partial charge in [-0.2, -0.15) is 0 Å². The highest BCUT2D eigenvalue weighted by molar-refractivity contribution is 5.27. The third-order valence-corrected chi connectivity index (χ3v) is 6.17. The Bertz CT molecular complexity index is 360. The third-order valence-electron chi connectivity index (χ3n) is 6.17. The molecule has 1 nitrogen and oxygen atoms in total. The Labute approximate surface area is 91.9 Å². The maximum Gasteiger partial charge on any atom is 0.0696 e. The van der Waals surface area contributed by atoms with Crippen LogP contribution in [0.2, 0.25) is 0 Å². The minimum Gasteiger partial charge on any atom is -0.371 e. The molecule has 1 heteroatoms. The van der Waals surface area contributed by atoms with Crippen LogP contribution in [0.1, 0.15) is 46.0 Å². The first kappa shape index (κ1) is 8.81. The molecule has 4 fully saturated rings. The van der Waals surface area contributed by atoms with Gasteiger partial charge in [-0.3, -0.25) is 0 Å². The quantitative estimate of drug-likeness (QED) is 0.550. The monoisotopic (exact) mass is 204 g/mol.